The highest BCUT2D eigenvalue weighted by Gasteiger charge is 2.22. The van der Waals surface area contributed by atoms with E-state index in [9.17, 15) is 17.6 Å². The Balaban J connectivity index is 2.20. The van der Waals surface area contributed by atoms with E-state index in [4.69, 9.17) is 4.74 Å². The Kier molecular flexibility index (Phi) is 8.37. The highest BCUT2D eigenvalue weighted by atomic mass is 32.2. The molecule has 2 aromatic carbocycles. The number of benzene rings is 2. The highest BCUT2D eigenvalue weighted by Crippen LogP contribution is 2.20. The third kappa shape index (κ3) is 5.79. The van der Waals surface area contributed by atoms with Gasteiger partial charge in [0.15, 0.2) is 0 Å². The average Bonchev–Trinajstić information content (AvgIpc) is 2.73. The Morgan fingerprint density at radius 3 is 2.30 bits per heavy atom. The van der Waals surface area contributed by atoms with Crippen molar-refractivity contribution in [2.75, 3.05) is 25.0 Å². The minimum absolute atomic E-state index is 0.0268. The third-order valence-electron chi connectivity index (χ3n) is 5.00. The van der Waals surface area contributed by atoms with Crippen LogP contribution in [0.15, 0.2) is 47.4 Å². The maximum absolute atomic E-state index is 13.4. The quantitative estimate of drug-likeness (QED) is 0.605. The van der Waals surface area contributed by atoms with Gasteiger partial charge in [0.25, 0.3) is 15.9 Å². The lowest BCUT2D eigenvalue weighted by Gasteiger charge is -2.30. The van der Waals surface area contributed by atoms with Crippen LogP contribution in [0, 0.1) is 12.7 Å². The Morgan fingerprint density at radius 1 is 1.13 bits per heavy atom. The van der Waals surface area contributed by atoms with Gasteiger partial charge in [0.05, 0.1) is 11.5 Å². The second kappa shape index (κ2) is 10.5. The molecule has 0 bridgehead atoms. The molecule has 2 rings (SSSR count). The lowest BCUT2D eigenvalue weighted by molar-refractivity contribution is 0.0589. The number of rotatable bonds is 10. The van der Waals surface area contributed by atoms with Gasteiger partial charge in [-0.15, -0.1) is 0 Å². The van der Waals surface area contributed by atoms with Crippen LogP contribution in [0.3, 0.4) is 0 Å². The molecule has 0 aliphatic rings. The molecule has 0 aliphatic heterocycles. The molecule has 6 nitrogen and oxygen atoms in total. The van der Waals surface area contributed by atoms with Crippen LogP contribution in [0.2, 0.25) is 0 Å². The molecular weight excluding hydrogens is 407 g/mol. The van der Waals surface area contributed by atoms with E-state index in [0.29, 0.717) is 24.4 Å². The second-order valence-corrected chi connectivity index (χ2v) is 8.74. The first kappa shape index (κ1) is 23.8. The summed E-state index contributed by atoms with van der Waals surface area (Å²) in [5.41, 5.74) is 1.04. The largest absolute Gasteiger partial charge is 0.383 e. The van der Waals surface area contributed by atoms with Crippen molar-refractivity contribution >= 4 is 21.6 Å². The minimum atomic E-state index is -3.86. The summed E-state index contributed by atoms with van der Waals surface area (Å²) in [5, 5.41) is 0. The molecule has 0 fully saturated rings. The fraction of sp³-hybridized carbons (Fsp3) is 0.409. The SMILES string of the molecule is CCC(CC)N(CCOC)C(=O)c1ccc(NS(=O)(=O)c2ccc(F)c(C)c2)cc1. The van der Waals surface area contributed by atoms with Crippen LogP contribution < -0.4 is 4.72 Å². The number of nitrogens with one attached hydrogen (secondary N) is 1. The van der Waals surface area contributed by atoms with Crippen molar-refractivity contribution < 1.29 is 22.3 Å². The molecule has 1 N–H and O–H groups in total. The monoisotopic (exact) mass is 436 g/mol. The number of anilines is 1. The normalized spacial score (nSPS) is 11.5. The van der Waals surface area contributed by atoms with Crippen LogP contribution in [0.4, 0.5) is 10.1 Å². The summed E-state index contributed by atoms with van der Waals surface area (Å²) in [7, 11) is -2.27. The van der Waals surface area contributed by atoms with E-state index in [0.717, 1.165) is 18.9 Å². The maximum Gasteiger partial charge on any atom is 0.261 e. The zero-order chi connectivity index (χ0) is 22.3. The zero-order valence-corrected chi connectivity index (χ0v) is 18.6. The van der Waals surface area contributed by atoms with E-state index in [1.165, 1.54) is 19.1 Å². The molecular formula is C22H29FN2O4S. The van der Waals surface area contributed by atoms with Crippen molar-refractivity contribution in [2.45, 2.75) is 44.6 Å². The van der Waals surface area contributed by atoms with Gasteiger partial charge in [-0.3, -0.25) is 9.52 Å². The van der Waals surface area contributed by atoms with E-state index in [1.54, 1.807) is 36.3 Å². The molecule has 1 amide bonds. The summed E-state index contributed by atoms with van der Waals surface area (Å²) < 4.78 is 46.1. The van der Waals surface area contributed by atoms with Gasteiger partial charge in [-0.25, -0.2) is 12.8 Å². The highest BCUT2D eigenvalue weighted by molar-refractivity contribution is 7.92. The van der Waals surface area contributed by atoms with Gasteiger partial charge in [0, 0.05) is 30.9 Å². The number of carbonyl (C=O) groups is 1. The van der Waals surface area contributed by atoms with Gasteiger partial charge in [-0.2, -0.15) is 0 Å². The van der Waals surface area contributed by atoms with Gasteiger partial charge < -0.3 is 9.64 Å². The first-order valence-electron chi connectivity index (χ1n) is 9.92. The lowest BCUT2D eigenvalue weighted by Crippen LogP contribution is -2.41. The topological polar surface area (TPSA) is 75.7 Å². The van der Waals surface area contributed by atoms with E-state index in [1.807, 2.05) is 13.8 Å². The number of amides is 1. The van der Waals surface area contributed by atoms with E-state index in [2.05, 4.69) is 4.72 Å². The molecule has 0 saturated heterocycles. The van der Waals surface area contributed by atoms with Crippen LogP contribution in [-0.4, -0.2) is 45.5 Å². The zero-order valence-electron chi connectivity index (χ0n) is 17.8. The maximum atomic E-state index is 13.4. The molecule has 0 heterocycles. The average molecular weight is 437 g/mol. The number of carbonyl (C=O) groups excluding carboxylic acids is 1. The summed E-state index contributed by atoms with van der Waals surface area (Å²) >= 11 is 0. The Hall–Kier alpha value is -2.45. The molecule has 164 valence electrons. The van der Waals surface area contributed by atoms with Crippen molar-refractivity contribution in [2.24, 2.45) is 0 Å². The van der Waals surface area contributed by atoms with Crippen molar-refractivity contribution in [3.8, 4) is 0 Å². The first-order chi connectivity index (χ1) is 14.2. The van der Waals surface area contributed by atoms with Crippen LogP contribution in [0.5, 0.6) is 0 Å². The summed E-state index contributed by atoms with van der Waals surface area (Å²) in [5.74, 6) is -0.586. The van der Waals surface area contributed by atoms with Gasteiger partial charge >= 0.3 is 0 Å². The van der Waals surface area contributed by atoms with Gasteiger partial charge in [-0.05, 0) is 67.8 Å². The van der Waals surface area contributed by atoms with E-state index < -0.39 is 15.8 Å². The summed E-state index contributed by atoms with van der Waals surface area (Å²) in [6, 6.07) is 10.00. The minimum Gasteiger partial charge on any atom is -0.383 e. The molecule has 2 aromatic rings. The molecule has 0 radical (unpaired) electrons. The molecule has 30 heavy (non-hydrogen) atoms. The molecule has 0 saturated carbocycles. The number of methoxy groups -OCH3 is 1. The predicted octanol–water partition coefficient (Wildman–Crippen LogP) is 4.21. The van der Waals surface area contributed by atoms with Crippen LogP contribution in [-0.2, 0) is 14.8 Å². The molecule has 0 atom stereocenters. The second-order valence-electron chi connectivity index (χ2n) is 7.06. The molecule has 8 heteroatoms. The number of halogens is 1. The van der Waals surface area contributed by atoms with Crippen LogP contribution in [0.25, 0.3) is 0 Å². The number of hydrogen-bond donors (Lipinski definition) is 1. The summed E-state index contributed by atoms with van der Waals surface area (Å²) in [6.45, 7) is 6.51. The Labute approximate surface area is 178 Å². The van der Waals surface area contributed by atoms with Gasteiger partial charge in [-0.1, -0.05) is 13.8 Å². The standard InChI is InChI=1S/C22H29FN2O4S/c1-5-19(6-2)25(13-14-29-4)22(26)17-7-9-18(10-8-17)24-30(27,28)20-11-12-21(23)16(3)15-20/h7-12,15,19,24H,5-6,13-14H2,1-4H3. The third-order valence-corrected chi connectivity index (χ3v) is 6.38. The van der Waals surface area contributed by atoms with Crippen LogP contribution in [0.1, 0.15) is 42.6 Å². The number of sulfonamides is 1. The lowest BCUT2D eigenvalue weighted by atomic mass is 10.1. The summed E-state index contributed by atoms with van der Waals surface area (Å²) in [6.07, 6.45) is 1.67. The van der Waals surface area contributed by atoms with E-state index >= 15 is 0 Å². The number of aryl methyl sites for hydroxylation is 1. The first-order valence-corrected chi connectivity index (χ1v) is 11.4. The Morgan fingerprint density at radius 2 is 1.77 bits per heavy atom. The molecule has 0 aliphatic carbocycles. The van der Waals surface area contributed by atoms with Crippen LogP contribution >= 0.6 is 0 Å². The number of nitrogens with zero attached hydrogens (tertiary/aromatic N) is 1. The fourth-order valence-corrected chi connectivity index (χ4v) is 4.36. The van der Waals surface area contributed by atoms with Gasteiger partial charge in [0.1, 0.15) is 5.82 Å². The predicted molar refractivity (Wildman–Crippen MR) is 116 cm³/mol. The smallest absolute Gasteiger partial charge is 0.261 e. The molecule has 0 unspecified atom stereocenters. The molecule has 0 spiro atoms. The molecule has 0 aromatic heterocycles. The van der Waals surface area contributed by atoms with Crippen molar-refractivity contribution in [3.63, 3.8) is 0 Å². The number of ether oxygens (including phenoxy) is 1. The van der Waals surface area contributed by atoms with E-state index in [-0.39, 0.29) is 22.4 Å². The number of hydrogen-bond acceptors (Lipinski definition) is 4. The Bertz CT molecular complexity index is 958. The fourth-order valence-electron chi connectivity index (χ4n) is 3.21. The van der Waals surface area contributed by atoms with Crippen molar-refractivity contribution in [1.29, 1.82) is 0 Å². The van der Waals surface area contributed by atoms with Crippen molar-refractivity contribution in [3.05, 3.63) is 59.4 Å². The summed E-state index contributed by atoms with van der Waals surface area (Å²) in [4.78, 5) is 14.8. The van der Waals surface area contributed by atoms with Crippen molar-refractivity contribution in [1.82, 2.24) is 4.90 Å². The van der Waals surface area contributed by atoms with Gasteiger partial charge in [0.2, 0.25) is 0 Å².